The molecule has 5 heteroatoms. The van der Waals surface area contributed by atoms with Crippen LogP contribution < -0.4 is 5.73 Å². The number of anilines is 1. The van der Waals surface area contributed by atoms with Gasteiger partial charge in [0, 0.05) is 10.6 Å². The van der Waals surface area contributed by atoms with Gasteiger partial charge in [-0.2, -0.15) is 5.10 Å². The fraction of sp³-hybridized carbons (Fsp3) is 0.100. The van der Waals surface area contributed by atoms with Crippen molar-refractivity contribution in [1.29, 1.82) is 0 Å². The van der Waals surface area contributed by atoms with Gasteiger partial charge in [-0.1, -0.05) is 23.7 Å². The van der Waals surface area contributed by atoms with Gasteiger partial charge in [0.1, 0.15) is 11.9 Å². The van der Waals surface area contributed by atoms with Crippen molar-refractivity contribution in [3.8, 4) is 0 Å². The Morgan fingerprint density at radius 2 is 2.00 bits per heavy atom. The van der Waals surface area contributed by atoms with E-state index < -0.39 is 6.10 Å². The quantitative estimate of drug-likeness (QED) is 0.726. The summed E-state index contributed by atoms with van der Waals surface area (Å²) in [5.41, 5.74) is 6.90. The molecule has 0 amide bonds. The highest BCUT2D eigenvalue weighted by atomic mass is 35.5. The third kappa shape index (κ3) is 1.95. The molecule has 1 aromatic heterocycles. The molecule has 0 saturated carbocycles. The minimum Gasteiger partial charge on any atom is -0.384 e. The molecule has 0 aliphatic carbocycles. The number of nitrogens with zero attached hydrogens (tertiary/aromatic N) is 1. The minimum atomic E-state index is -0.777. The van der Waals surface area contributed by atoms with Crippen molar-refractivity contribution in [1.82, 2.24) is 10.2 Å². The molecule has 1 aromatic carbocycles. The lowest BCUT2D eigenvalue weighted by molar-refractivity contribution is 0.221. The fourth-order valence-corrected chi connectivity index (χ4v) is 1.47. The highest BCUT2D eigenvalue weighted by Crippen LogP contribution is 2.25. The maximum atomic E-state index is 9.97. The molecule has 0 radical (unpaired) electrons. The van der Waals surface area contributed by atoms with Crippen LogP contribution in [0.25, 0.3) is 0 Å². The Balaban J connectivity index is 2.32. The monoisotopic (exact) mass is 223 g/mol. The Hall–Kier alpha value is -1.52. The van der Waals surface area contributed by atoms with E-state index in [-0.39, 0.29) is 0 Å². The SMILES string of the molecule is Nc1[nH]ncc1C(O)c1ccc(Cl)cc1. The summed E-state index contributed by atoms with van der Waals surface area (Å²) >= 11 is 5.75. The van der Waals surface area contributed by atoms with Gasteiger partial charge in [0.2, 0.25) is 0 Å². The van der Waals surface area contributed by atoms with Crippen LogP contribution in [0.15, 0.2) is 30.5 Å². The zero-order valence-electron chi connectivity index (χ0n) is 7.81. The molecule has 1 heterocycles. The molecule has 2 rings (SSSR count). The first-order chi connectivity index (χ1) is 7.18. The zero-order valence-corrected chi connectivity index (χ0v) is 8.57. The minimum absolute atomic E-state index is 0.373. The third-order valence-corrected chi connectivity index (χ3v) is 2.43. The number of benzene rings is 1. The fourth-order valence-electron chi connectivity index (χ4n) is 1.35. The lowest BCUT2D eigenvalue weighted by atomic mass is 10.0. The number of hydrogen-bond donors (Lipinski definition) is 3. The van der Waals surface area contributed by atoms with Crippen LogP contribution in [0.2, 0.25) is 5.02 Å². The van der Waals surface area contributed by atoms with Crippen LogP contribution in [-0.2, 0) is 0 Å². The van der Waals surface area contributed by atoms with Crippen LogP contribution in [0.5, 0.6) is 0 Å². The van der Waals surface area contributed by atoms with E-state index in [1.54, 1.807) is 24.3 Å². The number of rotatable bonds is 2. The average molecular weight is 224 g/mol. The number of aromatic amines is 1. The normalized spacial score (nSPS) is 12.7. The smallest absolute Gasteiger partial charge is 0.125 e. The molecule has 4 N–H and O–H groups in total. The van der Waals surface area contributed by atoms with Crippen molar-refractivity contribution in [2.24, 2.45) is 0 Å². The predicted molar refractivity (Wildman–Crippen MR) is 58.5 cm³/mol. The molecule has 15 heavy (non-hydrogen) atoms. The summed E-state index contributed by atoms with van der Waals surface area (Å²) in [6, 6.07) is 6.94. The number of nitrogens with two attached hydrogens (primary N) is 1. The van der Waals surface area contributed by atoms with Crippen LogP contribution in [0, 0.1) is 0 Å². The van der Waals surface area contributed by atoms with Gasteiger partial charge >= 0.3 is 0 Å². The maximum absolute atomic E-state index is 9.97. The molecular formula is C10H10ClN3O. The van der Waals surface area contributed by atoms with Gasteiger partial charge in [0.25, 0.3) is 0 Å². The Labute approximate surface area is 91.7 Å². The maximum Gasteiger partial charge on any atom is 0.125 e. The van der Waals surface area contributed by atoms with Crippen LogP contribution in [0.1, 0.15) is 17.2 Å². The number of halogens is 1. The second kappa shape index (κ2) is 3.92. The summed E-state index contributed by atoms with van der Waals surface area (Å²) in [6.45, 7) is 0. The van der Waals surface area contributed by atoms with Crippen LogP contribution in [0.3, 0.4) is 0 Å². The molecular weight excluding hydrogens is 214 g/mol. The Kier molecular flexibility index (Phi) is 2.62. The molecule has 4 nitrogen and oxygen atoms in total. The lowest BCUT2D eigenvalue weighted by Crippen LogP contribution is -2.01. The largest absolute Gasteiger partial charge is 0.384 e. The molecule has 0 saturated heterocycles. The van der Waals surface area contributed by atoms with E-state index in [9.17, 15) is 5.11 Å². The van der Waals surface area contributed by atoms with Crippen LogP contribution in [0.4, 0.5) is 5.82 Å². The number of aromatic nitrogens is 2. The second-order valence-electron chi connectivity index (χ2n) is 3.19. The van der Waals surface area contributed by atoms with Crippen molar-refractivity contribution in [2.45, 2.75) is 6.10 Å². The number of hydrogen-bond acceptors (Lipinski definition) is 3. The van der Waals surface area contributed by atoms with Gasteiger partial charge in [-0.05, 0) is 17.7 Å². The lowest BCUT2D eigenvalue weighted by Gasteiger charge is -2.09. The first kappa shape index (κ1) is 10.0. The average Bonchev–Trinajstić information content (AvgIpc) is 2.65. The van der Waals surface area contributed by atoms with Gasteiger partial charge < -0.3 is 10.8 Å². The standard InChI is InChI=1S/C10H10ClN3O/c11-7-3-1-6(2-4-7)9(15)8-5-13-14-10(8)12/h1-5,9,15H,(H3,12,13,14). The van der Waals surface area contributed by atoms with Gasteiger partial charge in [-0.3, -0.25) is 5.10 Å². The Bertz CT molecular complexity index is 452. The van der Waals surface area contributed by atoms with Gasteiger partial charge in [0.05, 0.1) is 6.20 Å². The van der Waals surface area contributed by atoms with E-state index in [2.05, 4.69) is 10.2 Å². The highest BCUT2D eigenvalue weighted by molar-refractivity contribution is 6.30. The number of nitrogen functional groups attached to an aromatic ring is 1. The first-order valence-corrected chi connectivity index (χ1v) is 4.78. The van der Waals surface area contributed by atoms with Gasteiger partial charge in [0.15, 0.2) is 0 Å². The molecule has 1 atom stereocenters. The van der Waals surface area contributed by atoms with E-state index in [1.165, 1.54) is 6.20 Å². The molecule has 0 aliphatic heterocycles. The van der Waals surface area contributed by atoms with Crippen molar-refractivity contribution < 1.29 is 5.11 Å². The first-order valence-electron chi connectivity index (χ1n) is 4.41. The second-order valence-corrected chi connectivity index (χ2v) is 3.63. The molecule has 0 aliphatic rings. The van der Waals surface area contributed by atoms with Gasteiger partial charge in [-0.15, -0.1) is 0 Å². The molecule has 0 spiro atoms. The summed E-state index contributed by atoms with van der Waals surface area (Å²) < 4.78 is 0. The third-order valence-electron chi connectivity index (χ3n) is 2.18. The van der Waals surface area contributed by atoms with E-state index in [0.29, 0.717) is 16.4 Å². The molecule has 0 fully saturated rings. The van der Waals surface area contributed by atoms with Crippen LogP contribution >= 0.6 is 11.6 Å². The molecule has 2 aromatic rings. The zero-order chi connectivity index (χ0) is 10.8. The van der Waals surface area contributed by atoms with Crippen molar-refractivity contribution in [3.05, 3.63) is 46.6 Å². The number of aliphatic hydroxyl groups excluding tert-OH is 1. The summed E-state index contributed by atoms with van der Waals surface area (Å²) in [6.07, 6.45) is 0.732. The van der Waals surface area contributed by atoms with E-state index in [0.717, 1.165) is 5.56 Å². The van der Waals surface area contributed by atoms with E-state index >= 15 is 0 Å². The number of H-pyrrole nitrogens is 1. The van der Waals surface area contributed by atoms with Crippen LogP contribution in [-0.4, -0.2) is 15.3 Å². The van der Waals surface area contributed by atoms with Crippen molar-refractivity contribution >= 4 is 17.4 Å². The molecule has 0 bridgehead atoms. The summed E-state index contributed by atoms with van der Waals surface area (Å²) in [5.74, 6) is 0.373. The van der Waals surface area contributed by atoms with Crippen molar-refractivity contribution in [3.63, 3.8) is 0 Å². The summed E-state index contributed by atoms with van der Waals surface area (Å²) in [5, 5.41) is 16.9. The topological polar surface area (TPSA) is 74.9 Å². The van der Waals surface area contributed by atoms with Gasteiger partial charge in [-0.25, -0.2) is 0 Å². The van der Waals surface area contributed by atoms with E-state index in [1.807, 2.05) is 0 Å². The summed E-state index contributed by atoms with van der Waals surface area (Å²) in [7, 11) is 0. The molecule has 78 valence electrons. The summed E-state index contributed by atoms with van der Waals surface area (Å²) in [4.78, 5) is 0. The Morgan fingerprint density at radius 1 is 1.33 bits per heavy atom. The predicted octanol–water partition coefficient (Wildman–Crippen LogP) is 1.73. The highest BCUT2D eigenvalue weighted by Gasteiger charge is 2.14. The van der Waals surface area contributed by atoms with Crippen molar-refractivity contribution in [2.75, 3.05) is 5.73 Å². The molecule has 1 unspecified atom stereocenters. The Morgan fingerprint density at radius 3 is 2.53 bits per heavy atom. The number of aliphatic hydroxyl groups is 1. The number of nitrogens with one attached hydrogen (secondary N) is 1. The van der Waals surface area contributed by atoms with E-state index in [4.69, 9.17) is 17.3 Å².